The van der Waals surface area contributed by atoms with Gasteiger partial charge in [0.25, 0.3) is 0 Å². The van der Waals surface area contributed by atoms with Crippen molar-refractivity contribution >= 4 is 5.97 Å². The average Bonchev–Trinajstić information content (AvgIpc) is 2.75. The van der Waals surface area contributed by atoms with Crippen LogP contribution in [0.5, 0.6) is 0 Å². The molecule has 0 saturated carbocycles. The second-order valence-electron chi connectivity index (χ2n) is 9.08. The normalized spacial score (nSPS) is 11.4. The van der Waals surface area contributed by atoms with Crippen LogP contribution in [0.2, 0.25) is 0 Å². The summed E-state index contributed by atoms with van der Waals surface area (Å²) in [7, 11) is 0. The van der Waals surface area contributed by atoms with Crippen LogP contribution in [0.15, 0.2) is 12.2 Å². The summed E-state index contributed by atoms with van der Waals surface area (Å²) in [4.78, 5) is 11.7. The maximum Gasteiger partial charge on any atom is 0.330 e. The van der Waals surface area contributed by atoms with Crippen molar-refractivity contribution in [3.8, 4) is 0 Å². The Balaban J connectivity index is 3.22. The molecule has 0 aliphatic heterocycles. The van der Waals surface area contributed by atoms with Gasteiger partial charge in [0.1, 0.15) is 0 Å². The minimum Gasteiger partial charge on any atom is -0.463 e. The van der Waals surface area contributed by atoms with Gasteiger partial charge in [-0.3, -0.25) is 0 Å². The second kappa shape index (κ2) is 26.2. The first kappa shape index (κ1) is 29.2. The average molecular weight is 423 g/mol. The molecule has 0 bridgehead atoms. The summed E-state index contributed by atoms with van der Waals surface area (Å²) < 4.78 is 5.28. The molecule has 0 fully saturated rings. The Hall–Kier alpha value is -0.790. The Morgan fingerprint density at radius 3 is 1.33 bits per heavy atom. The predicted octanol–water partition coefficient (Wildman–Crippen LogP) is 9.71. The van der Waals surface area contributed by atoms with E-state index >= 15 is 0 Å². The zero-order chi connectivity index (χ0) is 22.0. The summed E-state index contributed by atoms with van der Waals surface area (Å²) >= 11 is 0. The van der Waals surface area contributed by atoms with Crippen LogP contribution in [0.3, 0.4) is 0 Å². The van der Waals surface area contributed by atoms with E-state index < -0.39 is 0 Å². The summed E-state index contributed by atoms with van der Waals surface area (Å²) in [6.07, 6.45) is 32.8. The van der Waals surface area contributed by atoms with Gasteiger partial charge in [0.05, 0.1) is 6.61 Å². The lowest BCUT2D eigenvalue weighted by molar-refractivity contribution is -0.137. The van der Waals surface area contributed by atoms with Crippen LogP contribution in [-0.4, -0.2) is 12.6 Å². The zero-order valence-corrected chi connectivity index (χ0v) is 20.7. The number of hydrogen-bond acceptors (Lipinski definition) is 2. The van der Waals surface area contributed by atoms with Crippen molar-refractivity contribution in [2.24, 2.45) is 0 Å². The van der Waals surface area contributed by atoms with Gasteiger partial charge in [-0.1, -0.05) is 142 Å². The lowest BCUT2D eigenvalue weighted by atomic mass is 10.0. The van der Waals surface area contributed by atoms with Gasteiger partial charge in [-0.05, 0) is 19.3 Å². The fraction of sp³-hybridized carbons (Fsp3) is 0.893. The molecule has 0 rings (SSSR count). The predicted molar refractivity (Wildman–Crippen MR) is 133 cm³/mol. The second-order valence-corrected chi connectivity index (χ2v) is 9.08. The monoisotopic (exact) mass is 422 g/mol. The van der Waals surface area contributed by atoms with Gasteiger partial charge in [-0.25, -0.2) is 4.79 Å². The van der Waals surface area contributed by atoms with Crippen LogP contribution in [0.4, 0.5) is 0 Å². The standard InChI is InChI=1S/C28H54O2/c1-3-5-7-9-11-13-14-15-16-17-18-19-20-22-24-26-28(29)30-27-25-23-21-12-10-8-6-4-2/h24,26H,3-23,25,27H2,1-2H3/b26-24+. The van der Waals surface area contributed by atoms with Gasteiger partial charge in [0, 0.05) is 6.08 Å². The molecule has 0 atom stereocenters. The lowest BCUT2D eigenvalue weighted by Gasteiger charge is -2.03. The molecular weight excluding hydrogens is 368 g/mol. The van der Waals surface area contributed by atoms with Crippen molar-refractivity contribution in [3.05, 3.63) is 12.2 Å². The molecule has 178 valence electrons. The molecule has 0 unspecified atom stereocenters. The summed E-state index contributed by atoms with van der Waals surface area (Å²) in [5.74, 6) is -0.160. The first-order valence-corrected chi connectivity index (χ1v) is 13.6. The summed E-state index contributed by atoms with van der Waals surface area (Å²) in [6, 6.07) is 0. The van der Waals surface area contributed by atoms with E-state index in [1.807, 2.05) is 6.08 Å². The SMILES string of the molecule is CCCCCCCCCCCCCCC/C=C/C(=O)OCCCCCCCCCC. The molecule has 0 N–H and O–H groups in total. The van der Waals surface area contributed by atoms with Crippen LogP contribution in [-0.2, 0) is 9.53 Å². The van der Waals surface area contributed by atoms with Crippen LogP contribution in [0, 0.1) is 0 Å². The van der Waals surface area contributed by atoms with E-state index in [1.54, 1.807) is 6.08 Å². The van der Waals surface area contributed by atoms with Crippen molar-refractivity contribution < 1.29 is 9.53 Å². The molecule has 0 aromatic heterocycles. The topological polar surface area (TPSA) is 26.3 Å². The molecule has 0 aliphatic rings. The zero-order valence-electron chi connectivity index (χ0n) is 20.7. The van der Waals surface area contributed by atoms with Gasteiger partial charge in [-0.15, -0.1) is 0 Å². The molecule has 0 saturated heterocycles. The number of hydrogen-bond donors (Lipinski definition) is 0. The van der Waals surface area contributed by atoms with Crippen LogP contribution >= 0.6 is 0 Å². The highest BCUT2D eigenvalue weighted by atomic mass is 16.5. The smallest absolute Gasteiger partial charge is 0.330 e. The maximum absolute atomic E-state index is 11.7. The fourth-order valence-electron chi connectivity index (χ4n) is 3.92. The Kier molecular flexibility index (Phi) is 25.6. The quantitative estimate of drug-likeness (QED) is 0.0878. The highest BCUT2D eigenvalue weighted by Gasteiger charge is 1.97. The molecule has 0 aliphatic carbocycles. The van der Waals surface area contributed by atoms with E-state index in [1.165, 1.54) is 128 Å². The molecule has 0 amide bonds. The molecular formula is C28H54O2. The number of carbonyl (C=O) groups is 1. The van der Waals surface area contributed by atoms with Crippen LogP contribution in [0.1, 0.15) is 155 Å². The Bertz CT molecular complexity index is 362. The molecule has 0 aromatic rings. The number of unbranched alkanes of at least 4 members (excludes halogenated alkanes) is 20. The Labute approximate surface area is 189 Å². The van der Waals surface area contributed by atoms with Crippen molar-refractivity contribution in [1.82, 2.24) is 0 Å². The van der Waals surface area contributed by atoms with Gasteiger partial charge in [-0.2, -0.15) is 0 Å². The van der Waals surface area contributed by atoms with Gasteiger partial charge in [0.15, 0.2) is 0 Å². The number of carbonyl (C=O) groups excluding carboxylic acids is 1. The van der Waals surface area contributed by atoms with E-state index in [-0.39, 0.29) is 5.97 Å². The van der Waals surface area contributed by atoms with Crippen molar-refractivity contribution in [3.63, 3.8) is 0 Å². The fourth-order valence-corrected chi connectivity index (χ4v) is 3.92. The summed E-state index contributed by atoms with van der Waals surface area (Å²) in [5, 5.41) is 0. The highest BCUT2D eigenvalue weighted by molar-refractivity contribution is 5.81. The van der Waals surface area contributed by atoms with E-state index in [4.69, 9.17) is 4.74 Å². The largest absolute Gasteiger partial charge is 0.463 e. The summed E-state index contributed by atoms with van der Waals surface area (Å²) in [6.45, 7) is 5.11. The first-order chi connectivity index (χ1) is 14.8. The number of esters is 1. The number of rotatable bonds is 24. The third-order valence-electron chi connectivity index (χ3n) is 5.97. The van der Waals surface area contributed by atoms with E-state index in [9.17, 15) is 4.79 Å². The Morgan fingerprint density at radius 2 is 0.900 bits per heavy atom. The third kappa shape index (κ3) is 25.2. The van der Waals surface area contributed by atoms with Crippen LogP contribution < -0.4 is 0 Å². The van der Waals surface area contributed by atoms with Gasteiger partial charge in [0.2, 0.25) is 0 Å². The van der Waals surface area contributed by atoms with E-state index in [0.29, 0.717) is 6.61 Å². The molecule has 30 heavy (non-hydrogen) atoms. The Morgan fingerprint density at radius 1 is 0.533 bits per heavy atom. The lowest BCUT2D eigenvalue weighted by Crippen LogP contribution is -2.02. The van der Waals surface area contributed by atoms with Gasteiger partial charge >= 0.3 is 5.97 Å². The number of ether oxygens (including phenoxy) is 1. The van der Waals surface area contributed by atoms with Crippen LogP contribution in [0.25, 0.3) is 0 Å². The van der Waals surface area contributed by atoms with Crippen molar-refractivity contribution in [2.45, 2.75) is 155 Å². The first-order valence-electron chi connectivity index (χ1n) is 13.6. The summed E-state index contributed by atoms with van der Waals surface area (Å²) in [5.41, 5.74) is 0. The molecule has 2 nitrogen and oxygen atoms in total. The highest BCUT2D eigenvalue weighted by Crippen LogP contribution is 2.13. The molecule has 2 heteroatoms. The molecule has 0 heterocycles. The molecule has 0 aromatic carbocycles. The number of allylic oxidation sites excluding steroid dienone is 1. The minimum atomic E-state index is -0.160. The van der Waals surface area contributed by atoms with Crippen molar-refractivity contribution in [1.29, 1.82) is 0 Å². The third-order valence-corrected chi connectivity index (χ3v) is 5.97. The van der Waals surface area contributed by atoms with Gasteiger partial charge < -0.3 is 4.74 Å². The minimum absolute atomic E-state index is 0.160. The molecule has 0 spiro atoms. The molecule has 0 radical (unpaired) electrons. The maximum atomic E-state index is 11.7. The van der Waals surface area contributed by atoms with E-state index in [2.05, 4.69) is 13.8 Å². The van der Waals surface area contributed by atoms with Crippen molar-refractivity contribution in [2.75, 3.05) is 6.61 Å². The van der Waals surface area contributed by atoms with E-state index in [0.717, 1.165) is 12.8 Å².